The van der Waals surface area contributed by atoms with Crippen molar-refractivity contribution in [1.29, 1.82) is 0 Å². The Bertz CT molecular complexity index is 591. The zero-order valence-electron chi connectivity index (χ0n) is 12.5. The molecule has 2 N–H and O–H groups in total. The molecule has 0 bridgehead atoms. The van der Waals surface area contributed by atoms with Gasteiger partial charge in [0.15, 0.2) is 5.82 Å². The molecule has 1 aromatic carbocycles. The Kier molecular flexibility index (Phi) is 4.04. The van der Waals surface area contributed by atoms with Crippen LogP contribution in [0.3, 0.4) is 0 Å². The van der Waals surface area contributed by atoms with Gasteiger partial charge in [0.25, 0.3) is 0 Å². The molecule has 21 heavy (non-hydrogen) atoms. The molecule has 1 aliphatic carbocycles. The highest BCUT2D eigenvalue weighted by Gasteiger charge is 2.20. The van der Waals surface area contributed by atoms with E-state index in [0.717, 1.165) is 11.4 Å². The third kappa shape index (κ3) is 3.15. The SMILES string of the molecule is CN(c1cc(N)nc(-c2ccccc2)n1)C1CCCCC1. The smallest absolute Gasteiger partial charge is 0.163 e. The molecule has 1 fully saturated rings. The fraction of sp³-hybridized carbons (Fsp3) is 0.412. The summed E-state index contributed by atoms with van der Waals surface area (Å²) in [6.07, 6.45) is 6.44. The van der Waals surface area contributed by atoms with E-state index in [-0.39, 0.29) is 0 Å². The number of rotatable bonds is 3. The molecule has 1 aromatic heterocycles. The van der Waals surface area contributed by atoms with Gasteiger partial charge < -0.3 is 10.6 Å². The van der Waals surface area contributed by atoms with Gasteiger partial charge in [0.2, 0.25) is 0 Å². The van der Waals surface area contributed by atoms with E-state index >= 15 is 0 Å². The predicted octanol–water partition coefficient (Wildman–Crippen LogP) is 3.49. The molecule has 4 heteroatoms. The minimum absolute atomic E-state index is 0.529. The highest BCUT2D eigenvalue weighted by molar-refractivity contribution is 5.60. The van der Waals surface area contributed by atoms with Gasteiger partial charge in [-0.3, -0.25) is 0 Å². The van der Waals surface area contributed by atoms with E-state index < -0.39 is 0 Å². The lowest BCUT2D eigenvalue weighted by molar-refractivity contribution is 0.426. The second-order valence-corrected chi connectivity index (χ2v) is 5.74. The number of nitrogen functional groups attached to an aromatic ring is 1. The Hall–Kier alpha value is -2.10. The predicted molar refractivity (Wildman–Crippen MR) is 87.2 cm³/mol. The fourth-order valence-electron chi connectivity index (χ4n) is 3.01. The molecule has 0 unspecified atom stereocenters. The summed E-state index contributed by atoms with van der Waals surface area (Å²) in [4.78, 5) is 11.4. The summed E-state index contributed by atoms with van der Waals surface area (Å²) in [6.45, 7) is 0. The summed E-state index contributed by atoms with van der Waals surface area (Å²) in [6, 6.07) is 12.4. The standard InChI is InChI=1S/C17H22N4/c1-21(14-10-6-3-7-11-14)16-12-15(18)19-17(20-16)13-8-4-2-5-9-13/h2,4-5,8-9,12,14H,3,6-7,10-11H2,1H3,(H2,18,19,20). The van der Waals surface area contributed by atoms with Crippen molar-refractivity contribution >= 4 is 11.6 Å². The largest absolute Gasteiger partial charge is 0.384 e. The second-order valence-electron chi connectivity index (χ2n) is 5.74. The maximum Gasteiger partial charge on any atom is 0.163 e. The number of benzene rings is 1. The summed E-state index contributed by atoms with van der Waals surface area (Å²) < 4.78 is 0. The number of nitrogens with zero attached hydrogens (tertiary/aromatic N) is 3. The Labute approximate surface area is 126 Å². The van der Waals surface area contributed by atoms with E-state index in [0.29, 0.717) is 17.7 Å². The van der Waals surface area contributed by atoms with Crippen LogP contribution in [0.15, 0.2) is 36.4 Å². The maximum atomic E-state index is 5.99. The van der Waals surface area contributed by atoms with Gasteiger partial charge in [-0.1, -0.05) is 49.6 Å². The second kappa shape index (κ2) is 6.12. The number of hydrogen-bond donors (Lipinski definition) is 1. The number of nitrogens with two attached hydrogens (primary N) is 1. The van der Waals surface area contributed by atoms with E-state index in [1.54, 1.807) is 0 Å². The van der Waals surface area contributed by atoms with Crippen molar-refractivity contribution in [3.8, 4) is 11.4 Å². The summed E-state index contributed by atoms with van der Waals surface area (Å²) in [5.41, 5.74) is 6.99. The van der Waals surface area contributed by atoms with Crippen LogP contribution in [0.1, 0.15) is 32.1 Å². The van der Waals surface area contributed by atoms with E-state index in [1.165, 1.54) is 32.1 Å². The van der Waals surface area contributed by atoms with Crippen molar-refractivity contribution in [3.05, 3.63) is 36.4 Å². The van der Waals surface area contributed by atoms with Crippen LogP contribution in [0, 0.1) is 0 Å². The van der Waals surface area contributed by atoms with Gasteiger partial charge in [0.05, 0.1) is 0 Å². The molecule has 0 saturated heterocycles. The first-order valence-electron chi connectivity index (χ1n) is 7.67. The Morgan fingerprint density at radius 2 is 1.76 bits per heavy atom. The number of anilines is 2. The molecule has 1 saturated carbocycles. The highest BCUT2D eigenvalue weighted by atomic mass is 15.2. The minimum Gasteiger partial charge on any atom is -0.384 e. The molecule has 0 radical (unpaired) electrons. The molecule has 0 spiro atoms. The van der Waals surface area contributed by atoms with Crippen molar-refractivity contribution in [3.63, 3.8) is 0 Å². The lowest BCUT2D eigenvalue weighted by Gasteiger charge is -2.32. The summed E-state index contributed by atoms with van der Waals surface area (Å²) in [7, 11) is 2.12. The Morgan fingerprint density at radius 3 is 2.48 bits per heavy atom. The quantitative estimate of drug-likeness (QED) is 0.936. The molecule has 0 aliphatic heterocycles. The van der Waals surface area contributed by atoms with E-state index in [1.807, 2.05) is 36.4 Å². The normalized spacial score (nSPS) is 15.9. The van der Waals surface area contributed by atoms with E-state index in [2.05, 4.69) is 16.9 Å². The van der Waals surface area contributed by atoms with E-state index in [9.17, 15) is 0 Å². The lowest BCUT2D eigenvalue weighted by atomic mass is 9.94. The molecule has 0 amide bonds. The van der Waals surface area contributed by atoms with Crippen molar-refractivity contribution in [1.82, 2.24) is 9.97 Å². The number of aromatic nitrogens is 2. The van der Waals surface area contributed by atoms with Crippen molar-refractivity contribution in [2.24, 2.45) is 0 Å². The van der Waals surface area contributed by atoms with Crippen LogP contribution in [0.25, 0.3) is 11.4 Å². The summed E-state index contributed by atoms with van der Waals surface area (Å²) in [5, 5.41) is 0. The summed E-state index contributed by atoms with van der Waals surface area (Å²) >= 11 is 0. The molecule has 4 nitrogen and oxygen atoms in total. The Morgan fingerprint density at radius 1 is 1.05 bits per heavy atom. The van der Waals surface area contributed by atoms with Crippen LogP contribution in [-0.4, -0.2) is 23.1 Å². The molecule has 2 aromatic rings. The van der Waals surface area contributed by atoms with Crippen molar-refractivity contribution < 1.29 is 0 Å². The van der Waals surface area contributed by atoms with Crippen LogP contribution in [0.4, 0.5) is 11.6 Å². The van der Waals surface area contributed by atoms with Crippen LogP contribution < -0.4 is 10.6 Å². The minimum atomic E-state index is 0.529. The average Bonchev–Trinajstić information content (AvgIpc) is 2.55. The lowest BCUT2D eigenvalue weighted by Crippen LogP contribution is -2.34. The third-order valence-electron chi connectivity index (χ3n) is 4.25. The van der Waals surface area contributed by atoms with Gasteiger partial charge in [0.1, 0.15) is 11.6 Å². The van der Waals surface area contributed by atoms with Gasteiger partial charge in [-0.15, -0.1) is 0 Å². The van der Waals surface area contributed by atoms with Crippen LogP contribution in [0.5, 0.6) is 0 Å². The monoisotopic (exact) mass is 282 g/mol. The molecular formula is C17H22N4. The molecular weight excluding hydrogens is 260 g/mol. The zero-order chi connectivity index (χ0) is 14.7. The highest BCUT2D eigenvalue weighted by Crippen LogP contribution is 2.27. The third-order valence-corrected chi connectivity index (χ3v) is 4.25. The van der Waals surface area contributed by atoms with Crippen LogP contribution >= 0.6 is 0 Å². The van der Waals surface area contributed by atoms with Crippen LogP contribution in [0.2, 0.25) is 0 Å². The molecule has 0 atom stereocenters. The maximum absolute atomic E-state index is 5.99. The molecule has 3 rings (SSSR count). The van der Waals surface area contributed by atoms with Gasteiger partial charge in [-0.2, -0.15) is 0 Å². The van der Waals surface area contributed by atoms with Crippen LogP contribution in [-0.2, 0) is 0 Å². The molecule has 1 aliphatic rings. The van der Waals surface area contributed by atoms with Crippen molar-refractivity contribution in [2.45, 2.75) is 38.1 Å². The summed E-state index contributed by atoms with van der Waals surface area (Å²) in [5.74, 6) is 2.16. The van der Waals surface area contributed by atoms with Crippen molar-refractivity contribution in [2.75, 3.05) is 17.7 Å². The Balaban J connectivity index is 1.90. The molecule has 110 valence electrons. The topological polar surface area (TPSA) is 55.0 Å². The first-order chi connectivity index (χ1) is 10.2. The molecule has 1 heterocycles. The van der Waals surface area contributed by atoms with Gasteiger partial charge >= 0.3 is 0 Å². The van der Waals surface area contributed by atoms with Gasteiger partial charge in [-0.25, -0.2) is 9.97 Å². The van der Waals surface area contributed by atoms with Gasteiger partial charge in [-0.05, 0) is 12.8 Å². The average molecular weight is 282 g/mol. The number of hydrogen-bond acceptors (Lipinski definition) is 4. The zero-order valence-corrected chi connectivity index (χ0v) is 12.5. The fourth-order valence-corrected chi connectivity index (χ4v) is 3.01. The first kappa shape index (κ1) is 13.9. The van der Waals surface area contributed by atoms with Gasteiger partial charge in [0, 0.05) is 24.7 Å². The van der Waals surface area contributed by atoms with E-state index in [4.69, 9.17) is 10.7 Å². The first-order valence-corrected chi connectivity index (χ1v) is 7.67.